The fraction of sp³-hybridized carbons (Fsp3) is 0.833. The number of carboxylic acids is 1. The first-order valence-electron chi connectivity index (χ1n) is 19.8. The number of rotatable bonds is 7. The van der Waals surface area contributed by atoms with Crippen molar-refractivity contribution >= 4 is 29.7 Å². The third-order valence-electron chi connectivity index (χ3n) is 15.9. The van der Waals surface area contributed by atoms with E-state index in [-0.39, 0.29) is 69.7 Å². The molecule has 5 aliphatic carbocycles. The van der Waals surface area contributed by atoms with E-state index >= 15 is 0 Å². The fourth-order valence-electron chi connectivity index (χ4n) is 12.8. The summed E-state index contributed by atoms with van der Waals surface area (Å²) < 4.78 is 29.6. The molecule has 11 heteroatoms. The van der Waals surface area contributed by atoms with Gasteiger partial charge in [-0.15, -0.1) is 0 Å². The van der Waals surface area contributed by atoms with Crippen LogP contribution in [0.4, 0.5) is 0 Å². The van der Waals surface area contributed by atoms with Gasteiger partial charge < -0.3 is 28.8 Å². The highest BCUT2D eigenvalue weighted by Crippen LogP contribution is 2.75. The number of ether oxygens (including phenoxy) is 5. The summed E-state index contributed by atoms with van der Waals surface area (Å²) in [7, 11) is 0. The highest BCUT2D eigenvalue weighted by molar-refractivity contribution is 5.95. The second-order valence-corrected chi connectivity index (χ2v) is 19.4. The van der Waals surface area contributed by atoms with Crippen molar-refractivity contribution in [2.45, 2.75) is 164 Å². The van der Waals surface area contributed by atoms with Crippen molar-refractivity contribution in [1.29, 1.82) is 0 Å². The molecule has 0 aromatic rings. The van der Waals surface area contributed by atoms with E-state index in [2.05, 4.69) is 41.5 Å². The first-order chi connectivity index (χ1) is 24.5. The normalized spacial score (nSPS) is 45.9. The number of esters is 3. The second-order valence-electron chi connectivity index (χ2n) is 19.4. The van der Waals surface area contributed by atoms with Crippen molar-refractivity contribution in [3.05, 3.63) is 11.6 Å². The van der Waals surface area contributed by atoms with Crippen molar-refractivity contribution in [1.82, 2.24) is 0 Å². The lowest BCUT2D eigenvalue weighted by Gasteiger charge is -2.70. The molecule has 0 amide bonds. The van der Waals surface area contributed by atoms with Gasteiger partial charge >= 0.3 is 23.9 Å². The first-order valence-corrected chi connectivity index (χ1v) is 19.8. The molecule has 13 atom stereocenters. The minimum Gasteiger partial charge on any atom is -0.481 e. The Balaban J connectivity index is 1.27. The zero-order valence-corrected chi connectivity index (χ0v) is 33.5. The van der Waals surface area contributed by atoms with Gasteiger partial charge in [-0.3, -0.25) is 24.0 Å². The lowest BCUT2D eigenvalue weighted by Crippen LogP contribution is -2.67. The maximum Gasteiger partial charge on any atom is 0.309 e. The maximum atomic E-state index is 14.8. The van der Waals surface area contributed by atoms with E-state index < -0.39 is 53.9 Å². The average molecular weight is 743 g/mol. The Morgan fingerprint density at radius 3 is 2.13 bits per heavy atom. The van der Waals surface area contributed by atoms with Crippen LogP contribution in [0.2, 0.25) is 0 Å². The number of hydrogen-bond donors (Lipinski definition) is 1. The zero-order valence-electron chi connectivity index (χ0n) is 33.5. The summed E-state index contributed by atoms with van der Waals surface area (Å²) in [6.45, 7) is 19.3. The molecular formula is C42H62O11. The summed E-state index contributed by atoms with van der Waals surface area (Å²) in [5, 5.41) is 10.2. The summed E-state index contributed by atoms with van der Waals surface area (Å²) in [5.74, 6) is -2.13. The van der Waals surface area contributed by atoms with Crippen LogP contribution in [0.15, 0.2) is 11.6 Å². The minimum absolute atomic E-state index is 0.00660. The van der Waals surface area contributed by atoms with Gasteiger partial charge in [-0.05, 0) is 110 Å². The molecule has 1 heterocycles. The van der Waals surface area contributed by atoms with Gasteiger partial charge in [0.1, 0.15) is 18.8 Å². The topological polar surface area (TPSA) is 152 Å². The predicted octanol–water partition coefficient (Wildman–Crippen LogP) is 6.98. The first kappa shape index (κ1) is 39.9. The van der Waals surface area contributed by atoms with Crippen molar-refractivity contribution in [3.63, 3.8) is 0 Å². The number of hydrogen-bond acceptors (Lipinski definition) is 10. The van der Waals surface area contributed by atoms with Gasteiger partial charge in [0.05, 0.1) is 11.5 Å². The number of carbonyl (C=O) groups excluding carboxylic acids is 4. The number of aliphatic carboxylic acids is 1. The van der Waals surface area contributed by atoms with Crippen LogP contribution in [0.25, 0.3) is 0 Å². The molecule has 1 aliphatic heterocycles. The van der Waals surface area contributed by atoms with E-state index in [4.69, 9.17) is 23.7 Å². The van der Waals surface area contributed by atoms with E-state index in [1.54, 1.807) is 0 Å². The molecule has 0 radical (unpaired) electrons. The molecular weight excluding hydrogens is 680 g/mol. The van der Waals surface area contributed by atoms with Gasteiger partial charge in [0.15, 0.2) is 18.2 Å². The number of carboxylic acid groups (broad SMARTS) is 1. The monoisotopic (exact) mass is 742 g/mol. The molecule has 53 heavy (non-hydrogen) atoms. The Morgan fingerprint density at radius 2 is 1.51 bits per heavy atom. The number of carbonyl (C=O) groups is 5. The molecule has 0 aromatic carbocycles. The third kappa shape index (κ3) is 6.47. The van der Waals surface area contributed by atoms with Crippen molar-refractivity contribution in [2.24, 2.45) is 50.2 Å². The van der Waals surface area contributed by atoms with E-state index in [1.165, 1.54) is 26.3 Å². The Hall–Kier alpha value is -2.79. The van der Waals surface area contributed by atoms with Gasteiger partial charge in [0.25, 0.3) is 0 Å². The van der Waals surface area contributed by atoms with Crippen LogP contribution in [0.3, 0.4) is 0 Å². The molecule has 0 aromatic heterocycles. The Morgan fingerprint density at radius 1 is 0.849 bits per heavy atom. The summed E-state index contributed by atoms with van der Waals surface area (Å²) in [4.78, 5) is 63.2. The smallest absolute Gasteiger partial charge is 0.309 e. The molecule has 0 bridgehead atoms. The van der Waals surface area contributed by atoms with Gasteiger partial charge in [0.2, 0.25) is 0 Å². The van der Waals surface area contributed by atoms with E-state index in [0.29, 0.717) is 19.3 Å². The van der Waals surface area contributed by atoms with Crippen LogP contribution < -0.4 is 0 Å². The second kappa shape index (κ2) is 13.5. The van der Waals surface area contributed by atoms with Crippen molar-refractivity contribution in [2.75, 3.05) is 6.61 Å². The summed E-state index contributed by atoms with van der Waals surface area (Å²) in [6, 6.07) is 0. The average Bonchev–Trinajstić information content (AvgIpc) is 3.04. The molecule has 4 saturated carbocycles. The third-order valence-corrected chi connectivity index (χ3v) is 15.9. The van der Waals surface area contributed by atoms with Crippen LogP contribution in [0.5, 0.6) is 0 Å². The molecule has 0 unspecified atom stereocenters. The Labute approximate surface area is 314 Å². The molecule has 11 nitrogen and oxygen atoms in total. The highest BCUT2D eigenvalue weighted by Gasteiger charge is 2.70. The maximum absolute atomic E-state index is 14.8. The molecule has 6 rings (SSSR count). The predicted molar refractivity (Wildman–Crippen MR) is 193 cm³/mol. The van der Waals surface area contributed by atoms with Gasteiger partial charge in [-0.25, -0.2) is 0 Å². The lowest BCUT2D eigenvalue weighted by molar-refractivity contribution is -0.299. The van der Waals surface area contributed by atoms with Crippen LogP contribution in [0.1, 0.15) is 133 Å². The standard InChI is InChI=1S/C42H62O11/c1-23(43)49-22-30-34(51-25(3)45)29(50-24(2)44)20-33(52-30)53-32-12-13-40(8)31(37(32,4)5)11-14-42(10)35(40)28(46)19-26-27-21-39(7,36(47)48)16-15-38(27,6)17-18-41(26,42)9/h19,27,29-35H,11-18,20-22H2,1-10H3,(H,47,48)/t27-,29+,30+,31-,32-,33+,34-,35+,38+,39-,40-,41+,42+/m0/s1. The van der Waals surface area contributed by atoms with Crippen LogP contribution >= 0.6 is 0 Å². The number of fused-ring (bicyclic) bond motifs is 7. The van der Waals surface area contributed by atoms with Gasteiger partial charge in [0, 0.05) is 33.1 Å². The molecule has 6 aliphatic rings. The van der Waals surface area contributed by atoms with Crippen molar-refractivity contribution < 1.29 is 52.8 Å². The quantitative estimate of drug-likeness (QED) is 0.163. The van der Waals surface area contributed by atoms with E-state index in [9.17, 15) is 29.1 Å². The highest BCUT2D eigenvalue weighted by atomic mass is 16.7. The fourth-order valence-corrected chi connectivity index (χ4v) is 12.8. The largest absolute Gasteiger partial charge is 0.481 e. The summed E-state index contributed by atoms with van der Waals surface area (Å²) in [5.41, 5.74) is -0.752. The van der Waals surface area contributed by atoms with Crippen LogP contribution in [-0.2, 0) is 47.7 Å². The number of allylic oxidation sites excluding steroid dienone is 2. The molecule has 1 N–H and O–H groups in total. The van der Waals surface area contributed by atoms with Crippen LogP contribution in [-0.4, -0.2) is 72.1 Å². The zero-order chi connectivity index (χ0) is 39.1. The van der Waals surface area contributed by atoms with E-state index in [0.717, 1.165) is 38.5 Å². The molecule has 0 spiro atoms. The van der Waals surface area contributed by atoms with Gasteiger partial charge in [-0.2, -0.15) is 0 Å². The summed E-state index contributed by atoms with van der Waals surface area (Å²) in [6.07, 6.45) is 5.71. The van der Waals surface area contributed by atoms with Crippen LogP contribution in [0, 0.1) is 50.2 Å². The molecule has 5 fully saturated rings. The summed E-state index contributed by atoms with van der Waals surface area (Å²) >= 11 is 0. The number of ketones is 1. The molecule has 1 saturated heterocycles. The minimum atomic E-state index is -0.977. The van der Waals surface area contributed by atoms with Gasteiger partial charge in [-0.1, -0.05) is 47.1 Å². The SMILES string of the molecule is CC(=O)OC[C@H]1O[C@H](O[C@H]2CC[C@]3(C)[C@H]4C(=O)C=C5[C@@H]6C[C@@](C)(C(=O)O)CC[C@]6(C)CC[C@@]5(C)[C@]4(C)CC[C@H]3C2(C)C)C[C@@H](OC(C)=O)[C@@H]1OC(C)=O. The lowest BCUT2D eigenvalue weighted by atomic mass is 9.33. The Kier molecular flexibility index (Phi) is 10.1. The molecule has 296 valence electrons. The Bertz CT molecular complexity index is 1570. The van der Waals surface area contributed by atoms with Crippen molar-refractivity contribution in [3.8, 4) is 0 Å². The van der Waals surface area contributed by atoms with E-state index in [1.807, 2.05) is 13.0 Å².